The molecule has 9 heteroatoms. The van der Waals surface area contributed by atoms with E-state index in [0.717, 1.165) is 10.6 Å². The molecule has 0 aliphatic rings. The number of hydrogen-bond donors (Lipinski definition) is 1. The van der Waals surface area contributed by atoms with Crippen molar-refractivity contribution < 1.29 is 14.3 Å². The summed E-state index contributed by atoms with van der Waals surface area (Å²) >= 11 is 3.96. The van der Waals surface area contributed by atoms with Gasteiger partial charge in [0.1, 0.15) is 0 Å². The van der Waals surface area contributed by atoms with E-state index in [1.54, 1.807) is 12.1 Å². The zero-order valence-corrected chi connectivity index (χ0v) is 15.3. The third kappa shape index (κ3) is 5.36. The van der Waals surface area contributed by atoms with Gasteiger partial charge in [-0.25, -0.2) is 0 Å². The largest absolute Gasteiger partial charge is 0.468 e. The highest BCUT2D eigenvalue weighted by atomic mass is 32.2. The van der Waals surface area contributed by atoms with Gasteiger partial charge in [-0.3, -0.25) is 14.9 Å². The number of methoxy groups -OCH3 is 1. The highest BCUT2D eigenvalue weighted by Gasteiger charge is 2.14. The third-order valence-electron chi connectivity index (χ3n) is 2.66. The molecule has 0 radical (unpaired) electrons. The quantitative estimate of drug-likeness (QED) is 0.325. The second kappa shape index (κ2) is 9.45. The fraction of sp³-hybridized carbons (Fsp3) is 0.200. The Morgan fingerprint density at radius 1 is 1.33 bits per heavy atom. The first-order valence-corrected chi connectivity index (χ1v) is 9.60. The van der Waals surface area contributed by atoms with Crippen LogP contribution in [0.15, 0.2) is 46.2 Å². The van der Waals surface area contributed by atoms with Gasteiger partial charge in [0.15, 0.2) is 4.34 Å². The predicted molar refractivity (Wildman–Crippen MR) is 98.0 cm³/mol. The van der Waals surface area contributed by atoms with E-state index >= 15 is 0 Å². The standard InChI is InChI=1S/C15H15N3O3S3/c1-3-8-22-11-7-5-4-6-10(11)13(20)16-14-17-18-15(24-14)23-9-12(19)21-2/h3-7H,1,8-9H2,2H3,(H,16,17,20). The van der Waals surface area contributed by atoms with Crippen LogP contribution in [0.2, 0.25) is 0 Å². The van der Waals surface area contributed by atoms with Gasteiger partial charge in [0.2, 0.25) is 5.13 Å². The average molecular weight is 382 g/mol. The molecule has 0 spiro atoms. The van der Waals surface area contributed by atoms with E-state index in [-0.39, 0.29) is 17.6 Å². The van der Waals surface area contributed by atoms with Crippen LogP contribution >= 0.6 is 34.9 Å². The molecule has 0 aliphatic heterocycles. The molecule has 0 unspecified atom stereocenters. The van der Waals surface area contributed by atoms with Crippen LogP contribution in [0, 0.1) is 0 Å². The van der Waals surface area contributed by atoms with Crippen LogP contribution in [0.1, 0.15) is 10.4 Å². The molecule has 1 aromatic carbocycles. The number of hydrogen-bond acceptors (Lipinski definition) is 8. The molecule has 1 amide bonds. The monoisotopic (exact) mass is 381 g/mol. The Morgan fingerprint density at radius 2 is 2.12 bits per heavy atom. The van der Waals surface area contributed by atoms with Crippen LogP contribution in [0.3, 0.4) is 0 Å². The zero-order valence-electron chi connectivity index (χ0n) is 12.9. The zero-order chi connectivity index (χ0) is 17.4. The Balaban J connectivity index is 2.01. The Morgan fingerprint density at radius 3 is 2.88 bits per heavy atom. The molecular formula is C15H15N3O3S3. The number of amides is 1. The SMILES string of the molecule is C=CCSc1ccccc1C(=O)Nc1nnc(SCC(=O)OC)s1. The van der Waals surface area contributed by atoms with Crippen molar-refractivity contribution in [2.24, 2.45) is 0 Å². The lowest BCUT2D eigenvalue weighted by Gasteiger charge is -2.07. The van der Waals surface area contributed by atoms with E-state index in [1.165, 1.54) is 42.0 Å². The lowest BCUT2D eigenvalue weighted by molar-refractivity contribution is -0.137. The summed E-state index contributed by atoms with van der Waals surface area (Å²) in [5, 5.41) is 11.0. The van der Waals surface area contributed by atoms with Crippen molar-refractivity contribution in [3.63, 3.8) is 0 Å². The molecule has 0 bridgehead atoms. The third-order valence-corrected chi connectivity index (χ3v) is 5.67. The molecule has 1 N–H and O–H groups in total. The van der Waals surface area contributed by atoms with E-state index in [4.69, 9.17) is 0 Å². The number of carbonyl (C=O) groups excluding carboxylic acids is 2. The molecule has 24 heavy (non-hydrogen) atoms. The van der Waals surface area contributed by atoms with Gasteiger partial charge >= 0.3 is 5.97 Å². The second-order valence-corrected chi connectivity index (χ2v) is 7.55. The molecule has 2 aromatic rings. The van der Waals surface area contributed by atoms with Gasteiger partial charge in [0, 0.05) is 10.6 Å². The number of nitrogens with zero attached hydrogens (tertiary/aromatic N) is 2. The van der Waals surface area contributed by atoms with Crippen molar-refractivity contribution in [1.82, 2.24) is 10.2 Å². The van der Waals surface area contributed by atoms with E-state index in [9.17, 15) is 9.59 Å². The molecule has 126 valence electrons. The number of ether oxygens (including phenoxy) is 1. The first kappa shape index (κ1) is 18.5. The fourth-order valence-electron chi connectivity index (χ4n) is 1.59. The minimum atomic E-state index is -0.339. The number of rotatable bonds is 8. The van der Waals surface area contributed by atoms with Gasteiger partial charge in [-0.15, -0.1) is 28.5 Å². The van der Waals surface area contributed by atoms with E-state index < -0.39 is 0 Å². The number of benzene rings is 1. The van der Waals surface area contributed by atoms with E-state index in [1.807, 2.05) is 18.2 Å². The number of thioether (sulfide) groups is 2. The number of esters is 1. The topological polar surface area (TPSA) is 81.2 Å². The summed E-state index contributed by atoms with van der Waals surface area (Å²) in [5.74, 6) is 0.286. The molecular weight excluding hydrogens is 366 g/mol. The molecule has 0 atom stereocenters. The van der Waals surface area contributed by atoms with Gasteiger partial charge in [-0.2, -0.15) is 0 Å². The Hall–Kier alpha value is -1.84. The van der Waals surface area contributed by atoms with Gasteiger partial charge in [0.25, 0.3) is 5.91 Å². The highest BCUT2D eigenvalue weighted by molar-refractivity contribution is 8.01. The summed E-state index contributed by atoms with van der Waals surface area (Å²) in [7, 11) is 1.33. The summed E-state index contributed by atoms with van der Waals surface area (Å²) in [5.41, 5.74) is 0.573. The number of aromatic nitrogens is 2. The molecule has 1 heterocycles. The lowest BCUT2D eigenvalue weighted by atomic mass is 10.2. The summed E-state index contributed by atoms with van der Waals surface area (Å²) < 4.78 is 5.15. The van der Waals surface area contributed by atoms with Crippen LogP contribution < -0.4 is 5.32 Å². The maximum absolute atomic E-state index is 12.4. The summed E-state index contributed by atoms with van der Waals surface area (Å²) in [6.45, 7) is 3.68. The van der Waals surface area contributed by atoms with Crippen molar-refractivity contribution in [3.05, 3.63) is 42.5 Å². The Bertz CT molecular complexity index is 734. The highest BCUT2D eigenvalue weighted by Crippen LogP contribution is 2.27. The number of nitrogens with one attached hydrogen (secondary N) is 1. The van der Waals surface area contributed by atoms with E-state index in [2.05, 4.69) is 26.8 Å². The minimum absolute atomic E-state index is 0.153. The molecule has 6 nitrogen and oxygen atoms in total. The first-order chi connectivity index (χ1) is 11.6. The van der Waals surface area contributed by atoms with Crippen LogP contribution in [0.5, 0.6) is 0 Å². The summed E-state index contributed by atoms with van der Waals surface area (Å²) in [6, 6.07) is 7.34. The number of carbonyl (C=O) groups is 2. The number of anilines is 1. The summed E-state index contributed by atoms with van der Waals surface area (Å²) in [4.78, 5) is 24.4. The molecule has 0 aliphatic carbocycles. The van der Waals surface area contributed by atoms with Crippen molar-refractivity contribution in [2.75, 3.05) is 23.9 Å². The van der Waals surface area contributed by atoms with Gasteiger partial charge in [-0.05, 0) is 12.1 Å². The smallest absolute Gasteiger partial charge is 0.316 e. The van der Waals surface area contributed by atoms with Crippen molar-refractivity contribution >= 4 is 51.9 Å². The first-order valence-electron chi connectivity index (χ1n) is 6.81. The Kier molecular flexibility index (Phi) is 7.29. The van der Waals surface area contributed by atoms with Crippen LogP contribution in [0.4, 0.5) is 5.13 Å². The van der Waals surface area contributed by atoms with Crippen LogP contribution in [-0.2, 0) is 9.53 Å². The summed E-state index contributed by atoms with van der Waals surface area (Å²) in [6.07, 6.45) is 1.79. The van der Waals surface area contributed by atoms with Gasteiger partial charge in [0.05, 0.1) is 18.4 Å². The average Bonchev–Trinajstić information content (AvgIpc) is 3.05. The van der Waals surface area contributed by atoms with Gasteiger partial charge < -0.3 is 4.74 Å². The van der Waals surface area contributed by atoms with Crippen LogP contribution in [-0.4, -0.2) is 40.7 Å². The second-order valence-electron chi connectivity index (χ2n) is 4.29. The molecule has 0 fully saturated rings. The maximum atomic E-state index is 12.4. The fourth-order valence-corrected chi connectivity index (χ4v) is 3.96. The van der Waals surface area contributed by atoms with Crippen molar-refractivity contribution in [3.8, 4) is 0 Å². The van der Waals surface area contributed by atoms with Gasteiger partial charge in [-0.1, -0.05) is 41.3 Å². The van der Waals surface area contributed by atoms with Crippen LogP contribution in [0.25, 0.3) is 0 Å². The normalized spacial score (nSPS) is 10.2. The maximum Gasteiger partial charge on any atom is 0.316 e. The van der Waals surface area contributed by atoms with Crippen molar-refractivity contribution in [2.45, 2.75) is 9.24 Å². The van der Waals surface area contributed by atoms with Crippen molar-refractivity contribution in [1.29, 1.82) is 0 Å². The van der Waals surface area contributed by atoms with E-state index in [0.29, 0.717) is 15.0 Å². The molecule has 1 aromatic heterocycles. The molecule has 0 saturated heterocycles. The lowest BCUT2D eigenvalue weighted by Crippen LogP contribution is -2.12. The minimum Gasteiger partial charge on any atom is -0.468 e. The molecule has 2 rings (SSSR count). The predicted octanol–water partition coefficient (Wildman–Crippen LogP) is 3.33. The Labute approximate surface area is 152 Å². The molecule has 0 saturated carbocycles.